The van der Waals surface area contributed by atoms with Crippen LogP contribution >= 0.6 is 11.6 Å². The molecule has 4 aromatic rings. The van der Waals surface area contributed by atoms with Gasteiger partial charge in [-0.2, -0.15) is 4.98 Å². The van der Waals surface area contributed by atoms with E-state index in [2.05, 4.69) is 34.3 Å². The Morgan fingerprint density at radius 3 is 2.70 bits per heavy atom. The van der Waals surface area contributed by atoms with Gasteiger partial charge in [-0.05, 0) is 44.0 Å². The summed E-state index contributed by atoms with van der Waals surface area (Å²) in [6.45, 7) is 6.96. The zero-order chi connectivity index (χ0) is 21.1. The van der Waals surface area contributed by atoms with Crippen LogP contribution in [0.4, 0.5) is 0 Å². The van der Waals surface area contributed by atoms with Crippen molar-refractivity contribution >= 4 is 22.5 Å². The van der Waals surface area contributed by atoms with Crippen LogP contribution in [0.25, 0.3) is 33.7 Å². The smallest absolute Gasteiger partial charge is 0.258 e. The number of para-hydroxylation sites is 1. The molecule has 0 radical (unpaired) electrons. The quantitative estimate of drug-likeness (QED) is 0.359. The minimum atomic E-state index is 0.369. The lowest BCUT2D eigenvalue weighted by molar-refractivity contribution is 0.288. The molecule has 0 amide bonds. The topological polar surface area (TPSA) is 73.2 Å². The first-order valence-corrected chi connectivity index (χ1v) is 10.6. The molecule has 0 aliphatic carbocycles. The number of fused-ring (bicyclic) bond motifs is 1. The summed E-state index contributed by atoms with van der Waals surface area (Å²) in [6, 6.07) is 9.68. The lowest BCUT2D eigenvalue weighted by Crippen LogP contribution is -1.99. The minimum absolute atomic E-state index is 0.369. The third-order valence-electron chi connectivity index (χ3n) is 4.83. The molecule has 0 saturated carbocycles. The Morgan fingerprint density at radius 2 is 1.93 bits per heavy atom. The number of aromatic nitrogens is 3. The number of aryl methyl sites for hydroxylation is 1. The van der Waals surface area contributed by atoms with Crippen LogP contribution in [0.15, 0.2) is 41.1 Å². The van der Waals surface area contributed by atoms with Gasteiger partial charge in [0, 0.05) is 22.7 Å². The van der Waals surface area contributed by atoms with E-state index in [4.69, 9.17) is 25.6 Å². The summed E-state index contributed by atoms with van der Waals surface area (Å²) in [5.41, 5.74) is 3.87. The number of halogens is 1. The zero-order valence-corrected chi connectivity index (χ0v) is 18.0. The fourth-order valence-corrected chi connectivity index (χ4v) is 3.83. The third kappa shape index (κ3) is 3.75. The maximum Gasteiger partial charge on any atom is 0.258 e. The van der Waals surface area contributed by atoms with Crippen LogP contribution in [-0.4, -0.2) is 28.3 Å². The normalized spacial score (nSPS) is 11.2. The Labute approximate surface area is 180 Å². The highest BCUT2D eigenvalue weighted by molar-refractivity contribution is 6.32. The lowest BCUT2D eigenvalue weighted by Gasteiger charge is -2.13. The molecular formula is C23H24ClN3O3. The van der Waals surface area contributed by atoms with Gasteiger partial charge in [0.25, 0.3) is 5.89 Å². The number of hydrogen-bond donors (Lipinski definition) is 1. The fraction of sp³-hybridized carbons (Fsp3) is 0.304. The summed E-state index contributed by atoms with van der Waals surface area (Å²) in [6.07, 6.45) is 4.16. The van der Waals surface area contributed by atoms with Crippen molar-refractivity contribution in [2.45, 2.75) is 33.6 Å². The van der Waals surface area contributed by atoms with Gasteiger partial charge in [0.1, 0.15) is 0 Å². The molecule has 0 aliphatic rings. The molecule has 7 heteroatoms. The highest BCUT2D eigenvalue weighted by Crippen LogP contribution is 2.40. The van der Waals surface area contributed by atoms with Crippen LogP contribution in [0.1, 0.15) is 32.8 Å². The molecule has 0 bridgehead atoms. The molecule has 30 heavy (non-hydrogen) atoms. The fourth-order valence-electron chi connectivity index (χ4n) is 3.56. The molecular weight excluding hydrogens is 402 g/mol. The van der Waals surface area contributed by atoms with Crippen molar-refractivity contribution in [3.8, 4) is 34.3 Å². The molecule has 1 N–H and O–H groups in total. The molecule has 156 valence electrons. The average molecular weight is 426 g/mol. The van der Waals surface area contributed by atoms with Crippen molar-refractivity contribution in [3.63, 3.8) is 0 Å². The van der Waals surface area contributed by atoms with E-state index in [9.17, 15) is 0 Å². The summed E-state index contributed by atoms with van der Waals surface area (Å²) in [4.78, 5) is 7.99. The minimum Gasteiger partial charge on any atom is -0.490 e. The Kier molecular flexibility index (Phi) is 5.95. The number of benzene rings is 2. The number of H-pyrrole nitrogens is 1. The van der Waals surface area contributed by atoms with Gasteiger partial charge in [0.05, 0.1) is 23.8 Å². The molecule has 2 aromatic heterocycles. The highest BCUT2D eigenvalue weighted by Gasteiger charge is 2.19. The summed E-state index contributed by atoms with van der Waals surface area (Å²) in [5, 5.41) is 5.83. The molecule has 0 fully saturated rings. The van der Waals surface area contributed by atoms with E-state index in [1.807, 2.05) is 32.0 Å². The van der Waals surface area contributed by atoms with Gasteiger partial charge in [-0.25, -0.2) is 0 Å². The second-order valence-corrected chi connectivity index (χ2v) is 7.27. The molecule has 2 heterocycles. The molecule has 4 rings (SSSR count). The van der Waals surface area contributed by atoms with Gasteiger partial charge in [-0.1, -0.05) is 42.2 Å². The van der Waals surface area contributed by atoms with E-state index in [1.165, 1.54) is 10.9 Å². The van der Waals surface area contributed by atoms with Crippen molar-refractivity contribution in [2.75, 3.05) is 13.2 Å². The van der Waals surface area contributed by atoms with Crippen LogP contribution in [-0.2, 0) is 6.42 Å². The monoisotopic (exact) mass is 425 g/mol. The number of aromatic amines is 1. The summed E-state index contributed by atoms with van der Waals surface area (Å²) >= 11 is 6.43. The van der Waals surface area contributed by atoms with Crippen molar-refractivity contribution in [1.29, 1.82) is 0 Å². The molecule has 0 unspecified atom stereocenters. The second kappa shape index (κ2) is 8.79. The summed E-state index contributed by atoms with van der Waals surface area (Å²) in [5.74, 6) is 1.96. The molecule has 0 spiro atoms. The number of ether oxygens (including phenoxy) is 2. The predicted molar refractivity (Wildman–Crippen MR) is 118 cm³/mol. The average Bonchev–Trinajstić information content (AvgIpc) is 3.39. The van der Waals surface area contributed by atoms with E-state index in [-0.39, 0.29) is 0 Å². The molecule has 0 atom stereocenters. The van der Waals surface area contributed by atoms with Crippen LogP contribution in [0.5, 0.6) is 11.5 Å². The molecule has 2 aromatic carbocycles. The van der Waals surface area contributed by atoms with Gasteiger partial charge in [-0.3, -0.25) is 0 Å². The van der Waals surface area contributed by atoms with Crippen molar-refractivity contribution in [3.05, 3.63) is 47.1 Å². The maximum atomic E-state index is 6.43. The van der Waals surface area contributed by atoms with E-state index in [0.717, 1.165) is 23.9 Å². The highest BCUT2D eigenvalue weighted by atomic mass is 35.5. The standard InChI is InChI=1S/C23H24ClN3O3/c1-4-8-14-13-25-20-16(14)9-7-10-17(20)22-26-23(30-27-22)15-11-18(24)21(29-6-3)19(12-15)28-5-2/h7,9-13,25H,4-6,8H2,1-3H3. The van der Waals surface area contributed by atoms with E-state index in [0.29, 0.717) is 47.0 Å². The van der Waals surface area contributed by atoms with Crippen LogP contribution in [0.2, 0.25) is 5.02 Å². The van der Waals surface area contributed by atoms with Crippen LogP contribution in [0.3, 0.4) is 0 Å². The Balaban J connectivity index is 1.74. The summed E-state index contributed by atoms with van der Waals surface area (Å²) < 4.78 is 16.9. The number of nitrogens with zero attached hydrogens (tertiary/aromatic N) is 2. The van der Waals surface area contributed by atoms with E-state index < -0.39 is 0 Å². The first-order valence-electron chi connectivity index (χ1n) is 10.2. The molecule has 0 aliphatic heterocycles. The third-order valence-corrected chi connectivity index (χ3v) is 5.11. The second-order valence-electron chi connectivity index (χ2n) is 6.87. The van der Waals surface area contributed by atoms with Gasteiger partial charge >= 0.3 is 0 Å². The lowest BCUT2D eigenvalue weighted by atomic mass is 10.1. The first kappa shape index (κ1) is 20.3. The number of nitrogens with one attached hydrogen (secondary N) is 1. The number of hydrogen-bond acceptors (Lipinski definition) is 5. The first-order chi connectivity index (χ1) is 14.7. The largest absolute Gasteiger partial charge is 0.490 e. The van der Waals surface area contributed by atoms with Crippen LogP contribution in [0, 0.1) is 0 Å². The number of rotatable bonds is 8. The molecule has 0 saturated heterocycles. The van der Waals surface area contributed by atoms with Gasteiger partial charge in [0.2, 0.25) is 5.82 Å². The van der Waals surface area contributed by atoms with Crippen LogP contribution < -0.4 is 9.47 Å². The van der Waals surface area contributed by atoms with Crippen molar-refractivity contribution in [1.82, 2.24) is 15.1 Å². The summed E-state index contributed by atoms with van der Waals surface area (Å²) in [7, 11) is 0. The Morgan fingerprint density at radius 1 is 1.10 bits per heavy atom. The van der Waals surface area contributed by atoms with Gasteiger partial charge in [-0.15, -0.1) is 0 Å². The van der Waals surface area contributed by atoms with E-state index >= 15 is 0 Å². The zero-order valence-electron chi connectivity index (χ0n) is 17.3. The molecule has 6 nitrogen and oxygen atoms in total. The Bertz CT molecular complexity index is 1170. The van der Waals surface area contributed by atoms with Gasteiger partial charge < -0.3 is 19.0 Å². The Hall–Kier alpha value is -2.99. The SMILES string of the molecule is CCCc1c[nH]c2c(-c3noc(-c4cc(Cl)c(OCC)c(OCC)c4)n3)cccc12. The van der Waals surface area contributed by atoms with Gasteiger partial charge in [0.15, 0.2) is 11.5 Å². The van der Waals surface area contributed by atoms with Crippen molar-refractivity contribution in [2.24, 2.45) is 0 Å². The van der Waals surface area contributed by atoms with E-state index in [1.54, 1.807) is 6.07 Å². The van der Waals surface area contributed by atoms with Crippen molar-refractivity contribution < 1.29 is 14.0 Å². The predicted octanol–water partition coefficient (Wildman–Crippen LogP) is 6.29. The maximum absolute atomic E-state index is 6.43.